The maximum absolute atomic E-state index is 12.5. The second-order valence-electron chi connectivity index (χ2n) is 8.13. The summed E-state index contributed by atoms with van der Waals surface area (Å²) in [6, 6.07) is 6.71. The Morgan fingerprint density at radius 1 is 1.32 bits per heavy atom. The lowest BCUT2D eigenvalue weighted by molar-refractivity contribution is 0.146. The number of aromatic nitrogens is 1. The van der Waals surface area contributed by atoms with Gasteiger partial charge in [0.15, 0.2) is 0 Å². The van der Waals surface area contributed by atoms with Crippen LogP contribution in [0.2, 0.25) is 0 Å². The molecule has 1 saturated heterocycles. The van der Waals surface area contributed by atoms with Gasteiger partial charge < -0.3 is 10.2 Å². The molecule has 2 amide bonds. The van der Waals surface area contributed by atoms with E-state index in [0.29, 0.717) is 11.5 Å². The van der Waals surface area contributed by atoms with Crippen LogP contribution in [0.3, 0.4) is 0 Å². The molecule has 1 aliphatic heterocycles. The minimum atomic E-state index is 0.126. The van der Waals surface area contributed by atoms with E-state index >= 15 is 0 Å². The largest absolute Gasteiger partial charge is 0.337 e. The Balaban J connectivity index is 1.45. The third-order valence-corrected chi connectivity index (χ3v) is 5.97. The van der Waals surface area contributed by atoms with Crippen molar-refractivity contribution in [1.82, 2.24) is 20.1 Å². The molecule has 1 aromatic heterocycles. The summed E-state index contributed by atoms with van der Waals surface area (Å²) in [5, 5.41) is 3.17. The highest BCUT2D eigenvalue weighted by Crippen LogP contribution is 2.39. The second-order valence-corrected chi connectivity index (χ2v) is 8.13. The lowest BCUT2D eigenvalue weighted by Crippen LogP contribution is -2.46. The van der Waals surface area contributed by atoms with Crippen molar-refractivity contribution in [1.29, 1.82) is 0 Å². The number of nitrogens with zero attached hydrogens (tertiary/aromatic N) is 3. The van der Waals surface area contributed by atoms with Gasteiger partial charge in [-0.2, -0.15) is 0 Å². The minimum Gasteiger partial charge on any atom is -0.337 e. The normalized spacial score (nSPS) is 23.0. The molecule has 1 saturated carbocycles. The van der Waals surface area contributed by atoms with Crippen LogP contribution in [0.5, 0.6) is 0 Å². The summed E-state index contributed by atoms with van der Waals surface area (Å²) in [6.45, 7) is 5.69. The summed E-state index contributed by atoms with van der Waals surface area (Å²) in [6.07, 6.45) is 8.90. The van der Waals surface area contributed by atoms with Gasteiger partial charge in [-0.25, -0.2) is 4.79 Å². The van der Waals surface area contributed by atoms with Crippen LogP contribution >= 0.6 is 0 Å². The summed E-state index contributed by atoms with van der Waals surface area (Å²) in [7, 11) is 2.17. The van der Waals surface area contributed by atoms with Crippen molar-refractivity contribution in [3.05, 3.63) is 30.1 Å². The van der Waals surface area contributed by atoms with E-state index in [-0.39, 0.29) is 6.03 Å². The van der Waals surface area contributed by atoms with Gasteiger partial charge in [0.1, 0.15) is 0 Å². The van der Waals surface area contributed by atoms with Gasteiger partial charge >= 0.3 is 6.03 Å². The minimum absolute atomic E-state index is 0.126. The average Bonchev–Trinajstić information content (AvgIpc) is 2.85. The molecular weight excluding hydrogens is 312 g/mol. The lowest BCUT2D eigenvalue weighted by atomic mass is 9.70. The summed E-state index contributed by atoms with van der Waals surface area (Å²) in [5.74, 6) is 0. The molecule has 0 spiro atoms. The number of urea groups is 1. The number of carbonyl (C=O) groups excluding carboxylic acids is 1. The Labute approximate surface area is 151 Å². The quantitative estimate of drug-likeness (QED) is 0.892. The van der Waals surface area contributed by atoms with Gasteiger partial charge in [0.05, 0.1) is 5.69 Å². The van der Waals surface area contributed by atoms with Gasteiger partial charge in [-0.3, -0.25) is 9.88 Å². The molecular formula is C20H32N4O. The number of rotatable bonds is 5. The first-order valence-electron chi connectivity index (χ1n) is 9.69. The predicted octanol–water partition coefficient (Wildman–Crippen LogP) is 3.27. The van der Waals surface area contributed by atoms with Gasteiger partial charge in [-0.05, 0) is 56.7 Å². The standard InChI is InChI=1S/C20H32N4O/c1-20(10-6-11-20)16-22-19(25)24-13-5-8-18(9-14-24)23(2)15-17-7-3-4-12-21-17/h3-4,7,12,18H,5-6,8-11,13-16H2,1-2H3,(H,22,25)/t18-/m1/s1. The number of hydrogen-bond donors (Lipinski definition) is 1. The van der Waals surface area contributed by atoms with E-state index in [0.717, 1.165) is 51.1 Å². The van der Waals surface area contributed by atoms with Crippen LogP contribution in [0.4, 0.5) is 4.79 Å². The van der Waals surface area contributed by atoms with Crippen LogP contribution in [-0.4, -0.2) is 53.5 Å². The van der Waals surface area contributed by atoms with Crippen molar-refractivity contribution in [2.45, 2.75) is 58.0 Å². The smallest absolute Gasteiger partial charge is 0.317 e. The average molecular weight is 345 g/mol. The summed E-state index contributed by atoms with van der Waals surface area (Å²) >= 11 is 0. The molecule has 2 heterocycles. The number of carbonyl (C=O) groups is 1. The van der Waals surface area contributed by atoms with Gasteiger partial charge in [0, 0.05) is 38.4 Å². The molecule has 1 aliphatic carbocycles. The third-order valence-electron chi connectivity index (χ3n) is 5.97. The Kier molecular flexibility index (Phi) is 5.94. The third kappa shape index (κ3) is 4.94. The first-order valence-corrected chi connectivity index (χ1v) is 9.69. The van der Waals surface area contributed by atoms with E-state index in [1.165, 1.54) is 19.3 Å². The molecule has 1 N–H and O–H groups in total. The monoisotopic (exact) mass is 344 g/mol. The number of nitrogens with one attached hydrogen (secondary N) is 1. The van der Waals surface area contributed by atoms with E-state index in [1.807, 2.05) is 23.2 Å². The fraction of sp³-hybridized carbons (Fsp3) is 0.700. The van der Waals surface area contributed by atoms with Gasteiger partial charge in [0.2, 0.25) is 0 Å². The van der Waals surface area contributed by atoms with Crippen molar-refractivity contribution in [3.8, 4) is 0 Å². The van der Waals surface area contributed by atoms with Crippen LogP contribution in [0.15, 0.2) is 24.4 Å². The Morgan fingerprint density at radius 2 is 2.16 bits per heavy atom. The number of likely N-dealkylation sites (tertiary alicyclic amines) is 1. The molecule has 138 valence electrons. The van der Waals surface area contributed by atoms with E-state index in [1.54, 1.807) is 0 Å². The van der Waals surface area contributed by atoms with Crippen molar-refractivity contribution < 1.29 is 4.79 Å². The molecule has 25 heavy (non-hydrogen) atoms. The molecule has 0 bridgehead atoms. The Bertz CT molecular complexity index is 558. The molecule has 5 heteroatoms. The zero-order valence-electron chi connectivity index (χ0n) is 15.7. The topological polar surface area (TPSA) is 48.5 Å². The van der Waals surface area contributed by atoms with Crippen LogP contribution in [-0.2, 0) is 6.54 Å². The fourth-order valence-corrected chi connectivity index (χ4v) is 3.96. The summed E-state index contributed by atoms with van der Waals surface area (Å²) < 4.78 is 0. The molecule has 1 atom stereocenters. The summed E-state index contributed by atoms with van der Waals surface area (Å²) in [5.41, 5.74) is 1.45. The summed E-state index contributed by atoms with van der Waals surface area (Å²) in [4.78, 5) is 21.3. The lowest BCUT2D eigenvalue weighted by Gasteiger charge is -2.39. The van der Waals surface area contributed by atoms with Crippen LogP contribution in [0.1, 0.15) is 51.1 Å². The highest BCUT2D eigenvalue weighted by atomic mass is 16.2. The molecule has 2 aliphatic rings. The van der Waals surface area contributed by atoms with Crippen molar-refractivity contribution >= 4 is 6.03 Å². The van der Waals surface area contributed by atoms with Crippen molar-refractivity contribution in [2.24, 2.45) is 5.41 Å². The molecule has 5 nitrogen and oxygen atoms in total. The molecule has 1 aromatic rings. The predicted molar refractivity (Wildman–Crippen MR) is 100 cm³/mol. The van der Waals surface area contributed by atoms with Crippen LogP contribution < -0.4 is 5.32 Å². The number of hydrogen-bond acceptors (Lipinski definition) is 3. The van der Waals surface area contributed by atoms with Crippen molar-refractivity contribution in [3.63, 3.8) is 0 Å². The van der Waals surface area contributed by atoms with Crippen LogP contribution in [0.25, 0.3) is 0 Å². The van der Waals surface area contributed by atoms with E-state index in [9.17, 15) is 4.79 Å². The first-order chi connectivity index (χ1) is 12.1. The highest BCUT2D eigenvalue weighted by molar-refractivity contribution is 5.74. The Hall–Kier alpha value is -1.62. The maximum Gasteiger partial charge on any atom is 0.317 e. The van der Waals surface area contributed by atoms with E-state index < -0.39 is 0 Å². The molecule has 0 aromatic carbocycles. The second kappa shape index (κ2) is 8.17. The van der Waals surface area contributed by atoms with Crippen LogP contribution in [0, 0.1) is 5.41 Å². The van der Waals surface area contributed by atoms with Crippen molar-refractivity contribution in [2.75, 3.05) is 26.7 Å². The zero-order valence-corrected chi connectivity index (χ0v) is 15.7. The number of amides is 2. The molecule has 0 radical (unpaired) electrons. The van der Waals surface area contributed by atoms with Gasteiger partial charge in [-0.1, -0.05) is 19.4 Å². The molecule has 0 unspecified atom stereocenters. The molecule has 3 rings (SSSR count). The van der Waals surface area contributed by atoms with E-state index in [2.05, 4.69) is 35.2 Å². The van der Waals surface area contributed by atoms with Gasteiger partial charge in [0.25, 0.3) is 0 Å². The molecule has 2 fully saturated rings. The first kappa shape index (κ1) is 18.2. The van der Waals surface area contributed by atoms with Gasteiger partial charge in [-0.15, -0.1) is 0 Å². The Morgan fingerprint density at radius 3 is 2.84 bits per heavy atom. The highest BCUT2D eigenvalue weighted by Gasteiger charge is 2.32. The van der Waals surface area contributed by atoms with E-state index in [4.69, 9.17) is 0 Å². The fourth-order valence-electron chi connectivity index (χ4n) is 3.96. The zero-order chi connectivity index (χ0) is 17.7. The maximum atomic E-state index is 12.5. The SMILES string of the molecule is CN(Cc1ccccn1)[C@@H]1CCCN(C(=O)NCC2(C)CCC2)CC1. The number of pyridine rings is 1.